The van der Waals surface area contributed by atoms with E-state index in [-0.39, 0.29) is 5.91 Å². The van der Waals surface area contributed by atoms with Crippen LogP contribution in [-0.4, -0.2) is 41.5 Å². The zero-order valence-electron chi connectivity index (χ0n) is 12.3. The van der Waals surface area contributed by atoms with Gasteiger partial charge in [0.15, 0.2) is 0 Å². The minimum Gasteiger partial charge on any atom is -0.355 e. The molecule has 1 amide bonds. The first kappa shape index (κ1) is 15.0. The molecule has 0 aromatic carbocycles. The van der Waals surface area contributed by atoms with Gasteiger partial charge in [-0.1, -0.05) is 6.07 Å². The predicted octanol–water partition coefficient (Wildman–Crippen LogP) is 2.00. The van der Waals surface area contributed by atoms with Gasteiger partial charge in [0.2, 0.25) is 5.91 Å². The third kappa shape index (κ3) is 4.93. The highest BCUT2D eigenvalue weighted by Gasteiger charge is 2.18. The molecule has 1 atom stereocenters. The lowest BCUT2D eigenvalue weighted by atomic mass is 10.1. The molecule has 1 aliphatic heterocycles. The fourth-order valence-corrected chi connectivity index (χ4v) is 2.66. The lowest BCUT2D eigenvalue weighted by Gasteiger charge is -2.23. The highest BCUT2D eigenvalue weighted by atomic mass is 16.1. The first-order valence-electron chi connectivity index (χ1n) is 7.65. The molecule has 1 aromatic heterocycles. The highest BCUT2D eigenvalue weighted by Crippen LogP contribution is 2.10. The number of aryl methyl sites for hydroxylation is 1. The van der Waals surface area contributed by atoms with E-state index in [2.05, 4.69) is 28.2 Å². The molecule has 2 heterocycles. The first-order valence-corrected chi connectivity index (χ1v) is 7.65. The molecule has 110 valence electrons. The van der Waals surface area contributed by atoms with Crippen LogP contribution in [-0.2, 0) is 11.2 Å². The zero-order valence-corrected chi connectivity index (χ0v) is 12.3. The van der Waals surface area contributed by atoms with Gasteiger partial charge in [-0.15, -0.1) is 0 Å². The van der Waals surface area contributed by atoms with Crippen molar-refractivity contribution in [3.05, 3.63) is 30.1 Å². The predicted molar refractivity (Wildman–Crippen MR) is 80.5 cm³/mol. The summed E-state index contributed by atoms with van der Waals surface area (Å²) in [5, 5.41) is 3.05. The summed E-state index contributed by atoms with van der Waals surface area (Å²) in [5.74, 6) is 0.167. The second-order valence-corrected chi connectivity index (χ2v) is 5.61. The van der Waals surface area contributed by atoms with Crippen molar-refractivity contribution >= 4 is 5.91 Å². The number of nitrogens with one attached hydrogen (secondary N) is 1. The maximum absolute atomic E-state index is 11.8. The van der Waals surface area contributed by atoms with Crippen LogP contribution in [0.4, 0.5) is 0 Å². The molecule has 1 N–H and O–H groups in total. The summed E-state index contributed by atoms with van der Waals surface area (Å²) in [5.41, 5.74) is 1.20. The summed E-state index contributed by atoms with van der Waals surface area (Å²) in [6, 6.07) is 4.45. The van der Waals surface area contributed by atoms with Crippen molar-refractivity contribution in [1.82, 2.24) is 15.2 Å². The number of pyridine rings is 1. The van der Waals surface area contributed by atoms with Crippen molar-refractivity contribution in [3.63, 3.8) is 0 Å². The average Bonchev–Trinajstić information content (AvgIpc) is 3.00. The minimum absolute atomic E-state index is 0.167. The second-order valence-electron chi connectivity index (χ2n) is 5.61. The van der Waals surface area contributed by atoms with E-state index < -0.39 is 0 Å². The molecular weight excluding hydrogens is 250 g/mol. The summed E-state index contributed by atoms with van der Waals surface area (Å²) in [6.45, 7) is 5.32. The van der Waals surface area contributed by atoms with E-state index in [0.29, 0.717) is 12.5 Å². The quantitative estimate of drug-likeness (QED) is 0.828. The van der Waals surface area contributed by atoms with E-state index in [4.69, 9.17) is 0 Å². The number of aromatic nitrogens is 1. The average molecular weight is 275 g/mol. The van der Waals surface area contributed by atoms with Crippen molar-refractivity contribution in [2.75, 3.05) is 19.6 Å². The summed E-state index contributed by atoms with van der Waals surface area (Å²) >= 11 is 0. The fourth-order valence-electron chi connectivity index (χ4n) is 2.66. The Morgan fingerprint density at radius 2 is 2.25 bits per heavy atom. The molecular formula is C16H25N3O. The molecule has 0 aliphatic carbocycles. The molecule has 4 nitrogen and oxygen atoms in total. The van der Waals surface area contributed by atoms with Crippen LogP contribution in [0.25, 0.3) is 0 Å². The van der Waals surface area contributed by atoms with Crippen LogP contribution in [0.3, 0.4) is 0 Å². The second kappa shape index (κ2) is 8.00. The van der Waals surface area contributed by atoms with E-state index in [0.717, 1.165) is 19.4 Å². The van der Waals surface area contributed by atoms with Gasteiger partial charge < -0.3 is 5.32 Å². The van der Waals surface area contributed by atoms with Gasteiger partial charge in [0, 0.05) is 31.4 Å². The van der Waals surface area contributed by atoms with E-state index in [1.807, 2.05) is 12.3 Å². The van der Waals surface area contributed by atoms with Gasteiger partial charge in [-0.2, -0.15) is 0 Å². The third-order valence-electron chi connectivity index (χ3n) is 3.95. The number of rotatable bonds is 7. The van der Waals surface area contributed by atoms with Gasteiger partial charge in [-0.25, -0.2) is 0 Å². The van der Waals surface area contributed by atoms with Crippen molar-refractivity contribution in [2.24, 2.45) is 0 Å². The standard InChI is InChI=1S/C16H25N3O/c1-14(19-10-2-3-11-19)12-18-16(20)8-4-6-15-7-5-9-17-13-15/h5,7,9,13-14H,2-4,6,8,10-12H2,1H3,(H,18,20). The smallest absolute Gasteiger partial charge is 0.220 e. The number of hydrogen-bond acceptors (Lipinski definition) is 3. The van der Waals surface area contributed by atoms with Gasteiger partial charge in [0.1, 0.15) is 0 Å². The first-order chi connectivity index (χ1) is 9.75. The molecule has 1 aromatic rings. The fraction of sp³-hybridized carbons (Fsp3) is 0.625. The van der Waals surface area contributed by atoms with Crippen molar-refractivity contribution < 1.29 is 4.79 Å². The van der Waals surface area contributed by atoms with Crippen LogP contribution in [0.15, 0.2) is 24.5 Å². The Kier molecular flexibility index (Phi) is 5.99. The molecule has 20 heavy (non-hydrogen) atoms. The summed E-state index contributed by atoms with van der Waals surface area (Å²) < 4.78 is 0. The number of amides is 1. The van der Waals surface area contributed by atoms with Gasteiger partial charge in [-0.05, 0) is 57.3 Å². The maximum atomic E-state index is 11.8. The van der Waals surface area contributed by atoms with Crippen LogP contribution in [0.2, 0.25) is 0 Å². The van der Waals surface area contributed by atoms with Gasteiger partial charge in [-0.3, -0.25) is 14.7 Å². The largest absolute Gasteiger partial charge is 0.355 e. The van der Waals surface area contributed by atoms with Crippen molar-refractivity contribution in [1.29, 1.82) is 0 Å². The molecule has 0 saturated carbocycles. The molecule has 0 spiro atoms. The molecule has 1 aliphatic rings. The number of carbonyl (C=O) groups is 1. The van der Waals surface area contributed by atoms with Gasteiger partial charge in [0.05, 0.1) is 0 Å². The van der Waals surface area contributed by atoms with Crippen LogP contribution < -0.4 is 5.32 Å². The van der Waals surface area contributed by atoms with Crippen molar-refractivity contribution in [3.8, 4) is 0 Å². The zero-order chi connectivity index (χ0) is 14.2. The molecule has 0 bridgehead atoms. The number of nitrogens with zero attached hydrogens (tertiary/aromatic N) is 2. The Morgan fingerprint density at radius 1 is 1.45 bits per heavy atom. The minimum atomic E-state index is 0.167. The number of likely N-dealkylation sites (tertiary alicyclic amines) is 1. The van der Waals surface area contributed by atoms with Crippen LogP contribution in [0, 0.1) is 0 Å². The van der Waals surface area contributed by atoms with Crippen LogP contribution in [0.5, 0.6) is 0 Å². The maximum Gasteiger partial charge on any atom is 0.220 e. The SMILES string of the molecule is CC(CNC(=O)CCCc1cccnc1)N1CCCC1. The Bertz CT molecular complexity index is 401. The Hall–Kier alpha value is -1.42. The van der Waals surface area contributed by atoms with Crippen molar-refractivity contribution in [2.45, 2.75) is 45.1 Å². The molecule has 1 saturated heterocycles. The monoisotopic (exact) mass is 275 g/mol. The molecule has 1 unspecified atom stereocenters. The molecule has 4 heteroatoms. The Balaban J connectivity index is 1.58. The number of carbonyl (C=O) groups excluding carboxylic acids is 1. The Labute approximate surface area is 121 Å². The van der Waals surface area contributed by atoms with Gasteiger partial charge >= 0.3 is 0 Å². The number of hydrogen-bond donors (Lipinski definition) is 1. The topological polar surface area (TPSA) is 45.2 Å². The van der Waals surface area contributed by atoms with E-state index in [1.165, 1.54) is 31.5 Å². The van der Waals surface area contributed by atoms with E-state index in [1.54, 1.807) is 6.20 Å². The van der Waals surface area contributed by atoms with Crippen LogP contribution in [0.1, 0.15) is 38.2 Å². The Morgan fingerprint density at radius 3 is 2.95 bits per heavy atom. The summed E-state index contributed by atoms with van der Waals surface area (Å²) in [6.07, 6.45) is 8.64. The highest BCUT2D eigenvalue weighted by molar-refractivity contribution is 5.75. The van der Waals surface area contributed by atoms with Crippen LogP contribution >= 0.6 is 0 Å². The lowest BCUT2D eigenvalue weighted by molar-refractivity contribution is -0.121. The lowest BCUT2D eigenvalue weighted by Crippen LogP contribution is -2.40. The summed E-state index contributed by atoms with van der Waals surface area (Å²) in [7, 11) is 0. The molecule has 2 rings (SSSR count). The normalized spacial score (nSPS) is 17.1. The van der Waals surface area contributed by atoms with Gasteiger partial charge in [0.25, 0.3) is 0 Å². The molecule has 0 radical (unpaired) electrons. The summed E-state index contributed by atoms with van der Waals surface area (Å²) in [4.78, 5) is 18.3. The molecule has 1 fully saturated rings. The third-order valence-corrected chi connectivity index (χ3v) is 3.95. The van der Waals surface area contributed by atoms with E-state index in [9.17, 15) is 4.79 Å². The van der Waals surface area contributed by atoms with E-state index >= 15 is 0 Å².